The number of imidazole rings is 1. The van der Waals surface area contributed by atoms with Crippen molar-refractivity contribution in [2.75, 3.05) is 16.4 Å². The fourth-order valence-corrected chi connectivity index (χ4v) is 3.32. The van der Waals surface area contributed by atoms with Crippen LogP contribution in [0.1, 0.15) is 36.2 Å². The van der Waals surface area contributed by atoms with Crippen LogP contribution in [-0.2, 0) is 0 Å². The number of pyridine rings is 1. The Hall–Kier alpha value is -3.27. The zero-order valence-electron chi connectivity index (χ0n) is 15.0. The first kappa shape index (κ1) is 18.1. The lowest BCUT2D eigenvalue weighted by Gasteiger charge is -2.26. The number of nitrogens with zero attached hydrogens (tertiary/aromatic N) is 4. The molecule has 10 heteroatoms. The average molecular weight is 385 g/mol. The van der Waals surface area contributed by atoms with Crippen LogP contribution in [0.5, 0.6) is 0 Å². The Morgan fingerprint density at radius 3 is 2.79 bits per heavy atom. The minimum Gasteiger partial charge on any atom is -0.396 e. The maximum absolute atomic E-state index is 13.2. The van der Waals surface area contributed by atoms with E-state index < -0.39 is 11.9 Å². The van der Waals surface area contributed by atoms with E-state index in [0.717, 1.165) is 31.7 Å². The third-order valence-electron chi connectivity index (χ3n) is 4.76. The molecule has 3 aromatic rings. The smallest absolute Gasteiger partial charge is 0.276 e. The summed E-state index contributed by atoms with van der Waals surface area (Å²) in [6.07, 6.45) is 5.50. The number of halogens is 1. The number of amides is 1. The molecule has 0 unspecified atom stereocenters. The van der Waals surface area contributed by atoms with E-state index in [-0.39, 0.29) is 23.5 Å². The Bertz CT molecular complexity index is 1010. The van der Waals surface area contributed by atoms with Crippen LogP contribution >= 0.6 is 0 Å². The second-order valence-corrected chi connectivity index (χ2v) is 6.83. The summed E-state index contributed by atoms with van der Waals surface area (Å²) in [6, 6.07) is 4.45. The molecule has 3 heterocycles. The van der Waals surface area contributed by atoms with Crippen molar-refractivity contribution in [1.29, 1.82) is 0 Å². The van der Waals surface area contributed by atoms with Crippen molar-refractivity contribution in [3.63, 3.8) is 0 Å². The molecule has 1 aliphatic rings. The van der Waals surface area contributed by atoms with Gasteiger partial charge < -0.3 is 21.5 Å². The third-order valence-corrected chi connectivity index (χ3v) is 4.76. The summed E-state index contributed by atoms with van der Waals surface area (Å²) in [5, 5.41) is 20.0. The number of fused-ring (bicyclic) bond motifs is 1. The highest BCUT2D eigenvalue weighted by atomic mass is 19.1. The molecule has 0 aromatic carbocycles. The molecule has 5 N–H and O–H groups in total. The molecule has 0 bridgehead atoms. The molecular weight excluding hydrogens is 365 g/mol. The number of carbonyl (C=O) groups is 1. The van der Waals surface area contributed by atoms with Gasteiger partial charge in [0.15, 0.2) is 11.3 Å². The fraction of sp³-hybridized carbons (Fsp3) is 0.333. The summed E-state index contributed by atoms with van der Waals surface area (Å²) in [6.45, 7) is 0. The number of anilines is 3. The zero-order chi connectivity index (χ0) is 19.7. The summed E-state index contributed by atoms with van der Waals surface area (Å²) in [5.41, 5.74) is 7.25. The van der Waals surface area contributed by atoms with Gasteiger partial charge in [0.2, 0.25) is 5.95 Å². The predicted octanol–water partition coefficient (Wildman–Crippen LogP) is 1.81. The maximum Gasteiger partial charge on any atom is 0.276 e. The van der Waals surface area contributed by atoms with Crippen LogP contribution in [0.15, 0.2) is 30.6 Å². The van der Waals surface area contributed by atoms with E-state index in [1.54, 1.807) is 6.07 Å². The Labute approximate surface area is 159 Å². The van der Waals surface area contributed by atoms with Crippen molar-refractivity contribution in [3.8, 4) is 0 Å². The molecule has 4 rings (SSSR count). The van der Waals surface area contributed by atoms with Gasteiger partial charge >= 0.3 is 0 Å². The van der Waals surface area contributed by atoms with Crippen LogP contribution < -0.4 is 16.4 Å². The number of hydrogen-bond acceptors (Lipinski definition) is 7. The number of rotatable bonds is 4. The van der Waals surface area contributed by atoms with Gasteiger partial charge in [-0.1, -0.05) is 0 Å². The quantitative estimate of drug-likeness (QED) is 0.504. The number of aromatic nitrogens is 4. The SMILES string of the molecule is Nc1cc(NC2CCC(O)CC2)nn2c(C(=O)Nc3ccnc(F)c3)cnc12. The van der Waals surface area contributed by atoms with Crippen molar-refractivity contribution < 1.29 is 14.3 Å². The molecule has 0 atom stereocenters. The van der Waals surface area contributed by atoms with E-state index in [9.17, 15) is 14.3 Å². The Morgan fingerprint density at radius 2 is 2.04 bits per heavy atom. The summed E-state index contributed by atoms with van der Waals surface area (Å²) >= 11 is 0. The number of carbonyl (C=O) groups excluding carboxylic acids is 1. The lowest BCUT2D eigenvalue weighted by molar-refractivity contribution is 0.102. The van der Waals surface area contributed by atoms with E-state index in [1.165, 1.54) is 23.0 Å². The van der Waals surface area contributed by atoms with Crippen LogP contribution in [0.4, 0.5) is 21.6 Å². The first-order valence-corrected chi connectivity index (χ1v) is 9.01. The molecule has 9 nitrogen and oxygen atoms in total. The maximum atomic E-state index is 13.2. The number of aliphatic hydroxyl groups is 1. The highest BCUT2D eigenvalue weighted by molar-refractivity contribution is 6.03. The summed E-state index contributed by atoms with van der Waals surface area (Å²) in [4.78, 5) is 20.2. The van der Waals surface area contributed by atoms with E-state index in [1.807, 2.05) is 0 Å². The topological polar surface area (TPSA) is 130 Å². The second-order valence-electron chi connectivity index (χ2n) is 6.83. The van der Waals surface area contributed by atoms with Crippen molar-refractivity contribution in [1.82, 2.24) is 19.6 Å². The molecule has 0 saturated heterocycles. The number of nitrogens with two attached hydrogens (primary N) is 1. The summed E-state index contributed by atoms with van der Waals surface area (Å²) in [7, 11) is 0. The molecule has 28 heavy (non-hydrogen) atoms. The largest absolute Gasteiger partial charge is 0.396 e. The lowest BCUT2D eigenvalue weighted by Crippen LogP contribution is -2.29. The van der Waals surface area contributed by atoms with Crippen LogP contribution in [-0.4, -0.2) is 42.7 Å². The van der Waals surface area contributed by atoms with E-state index in [4.69, 9.17) is 5.73 Å². The molecular formula is C18H20FN7O2. The molecule has 1 amide bonds. The highest BCUT2D eigenvalue weighted by Gasteiger charge is 2.21. The number of aliphatic hydroxyl groups excluding tert-OH is 1. The van der Waals surface area contributed by atoms with Gasteiger partial charge in [-0.3, -0.25) is 4.79 Å². The molecule has 1 saturated carbocycles. The normalized spacial score (nSPS) is 19.5. The van der Waals surface area contributed by atoms with Crippen LogP contribution in [0.3, 0.4) is 0 Å². The molecule has 146 valence electrons. The third kappa shape index (κ3) is 3.72. The lowest BCUT2D eigenvalue weighted by atomic mass is 9.93. The monoisotopic (exact) mass is 385 g/mol. The fourth-order valence-electron chi connectivity index (χ4n) is 3.32. The van der Waals surface area contributed by atoms with Crippen molar-refractivity contribution in [3.05, 3.63) is 42.2 Å². The van der Waals surface area contributed by atoms with E-state index in [2.05, 4.69) is 25.7 Å². The van der Waals surface area contributed by atoms with Gasteiger partial charge in [-0.05, 0) is 31.7 Å². The summed E-state index contributed by atoms with van der Waals surface area (Å²) in [5.74, 6) is -0.668. The van der Waals surface area contributed by atoms with Gasteiger partial charge in [-0.2, -0.15) is 4.39 Å². The van der Waals surface area contributed by atoms with Gasteiger partial charge in [-0.25, -0.2) is 14.5 Å². The van der Waals surface area contributed by atoms with E-state index in [0.29, 0.717) is 17.2 Å². The van der Waals surface area contributed by atoms with E-state index >= 15 is 0 Å². The van der Waals surface area contributed by atoms with Crippen LogP contribution in [0, 0.1) is 5.95 Å². The minimum atomic E-state index is -0.692. The van der Waals surface area contributed by atoms with Gasteiger partial charge in [0.25, 0.3) is 5.91 Å². The van der Waals surface area contributed by atoms with Crippen LogP contribution in [0.2, 0.25) is 0 Å². The van der Waals surface area contributed by atoms with Crippen molar-refractivity contribution >= 4 is 28.7 Å². The number of nitrogens with one attached hydrogen (secondary N) is 2. The highest BCUT2D eigenvalue weighted by Crippen LogP contribution is 2.24. The molecule has 1 aliphatic carbocycles. The number of nitrogen functional groups attached to an aromatic ring is 1. The average Bonchev–Trinajstić information content (AvgIpc) is 3.08. The van der Waals surface area contributed by atoms with Gasteiger partial charge in [0.05, 0.1) is 18.0 Å². The summed E-state index contributed by atoms with van der Waals surface area (Å²) < 4.78 is 14.6. The Balaban J connectivity index is 1.59. The predicted molar refractivity (Wildman–Crippen MR) is 101 cm³/mol. The molecule has 1 fully saturated rings. The first-order valence-electron chi connectivity index (χ1n) is 9.01. The molecule has 0 radical (unpaired) electrons. The zero-order valence-corrected chi connectivity index (χ0v) is 15.0. The second kappa shape index (κ2) is 7.39. The standard InChI is InChI=1S/C18H20FN7O2/c19-15-7-11(5-6-21-15)24-18(28)14-9-22-17-13(20)8-16(25-26(14)17)23-10-1-3-12(27)4-2-10/h5-10,12,27H,1-4,20H2,(H,23,25)(H,21,24,28). The van der Waals surface area contributed by atoms with Gasteiger partial charge in [-0.15, -0.1) is 5.10 Å². The molecule has 3 aromatic heterocycles. The number of hydrogen-bond donors (Lipinski definition) is 4. The van der Waals surface area contributed by atoms with Crippen molar-refractivity contribution in [2.45, 2.75) is 37.8 Å². The minimum absolute atomic E-state index is 0.168. The first-order chi connectivity index (χ1) is 13.5. The van der Waals surface area contributed by atoms with Gasteiger partial charge in [0.1, 0.15) is 5.82 Å². The molecule has 0 aliphatic heterocycles. The van der Waals surface area contributed by atoms with Gasteiger partial charge in [0, 0.05) is 30.1 Å². The molecule has 0 spiro atoms. The van der Waals surface area contributed by atoms with Crippen molar-refractivity contribution in [2.24, 2.45) is 0 Å². The van der Waals surface area contributed by atoms with Crippen LogP contribution in [0.25, 0.3) is 5.65 Å². The Morgan fingerprint density at radius 1 is 1.25 bits per heavy atom. The Kier molecular flexibility index (Phi) is 4.78.